The Hall–Kier alpha value is -3.75. The van der Waals surface area contributed by atoms with Gasteiger partial charge in [0.1, 0.15) is 11.9 Å². The lowest BCUT2D eigenvalue weighted by Crippen LogP contribution is -2.43. The van der Waals surface area contributed by atoms with Gasteiger partial charge in [0.25, 0.3) is 5.91 Å². The van der Waals surface area contributed by atoms with E-state index in [0.29, 0.717) is 16.8 Å². The van der Waals surface area contributed by atoms with Crippen LogP contribution in [-0.4, -0.2) is 34.0 Å². The first kappa shape index (κ1) is 16.7. The normalized spacial score (nSPS) is 16.3. The molecule has 0 aliphatic carbocycles. The molecule has 136 valence electrons. The summed E-state index contributed by atoms with van der Waals surface area (Å²) in [6.45, 7) is 0. The largest absolute Gasteiger partial charge is 0.340 e. The predicted octanol–water partition coefficient (Wildman–Crippen LogP) is 1.78. The fraction of sp³-hybridized carbons (Fsp3) is 0.111. The third-order valence-corrected chi connectivity index (χ3v) is 4.24. The first-order valence-corrected chi connectivity index (χ1v) is 8.16. The SMILES string of the molecule is O=C(C[C@@H]1NC(=O)c2ccccc2NC1=O)Nc1n[nH]c2cccc(F)c12. The van der Waals surface area contributed by atoms with Crippen LogP contribution in [0.4, 0.5) is 15.9 Å². The van der Waals surface area contributed by atoms with Gasteiger partial charge in [-0.2, -0.15) is 5.10 Å². The van der Waals surface area contributed by atoms with Crippen molar-refractivity contribution < 1.29 is 18.8 Å². The Morgan fingerprint density at radius 1 is 1.15 bits per heavy atom. The number of aromatic nitrogens is 2. The molecule has 0 saturated heterocycles. The van der Waals surface area contributed by atoms with Crippen LogP contribution in [0.15, 0.2) is 42.5 Å². The molecular weight excluding hydrogens is 353 g/mol. The molecule has 3 aromatic rings. The molecule has 9 heteroatoms. The van der Waals surface area contributed by atoms with Crippen LogP contribution < -0.4 is 16.0 Å². The number of para-hydroxylation sites is 1. The topological polar surface area (TPSA) is 116 Å². The molecule has 4 rings (SSSR count). The van der Waals surface area contributed by atoms with Crippen molar-refractivity contribution in [3.63, 3.8) is 0 Å². The number of H-pyrrole nitrogens is 1. The van der Waals surface area contributed by atoms with Gasteiger partial charge in [0.15, 0.2) is 5.82 Å². The van der Waals surface area contributed by atoms with E-state index < -0.39 is 29.6 Å². The summed E-state index contributed by atoms with van der Waals surface area (Å²) in [5.41, 5.74) is 1.12. The highest BCUT2D eigenvalue weighted by atomic mass is 19.1. The molecule has 1 aromatic heterocycles. The van der Waals surface area contributed by atoms with Crippen molar-refractivity contribution in [1.82, 2.24) is 15.5 Å². The van der Waals surface area contributed by atoms with E-state index in [9.17, 15) is 18.8 Å². The number of carbonyl (C=O) groups is 3. The van der Waals surface area contributed by atoms with Crippen molar-refractivity contribution in [3.05, 3.63) is 53.8 Å². The van der Waals surface area contributed by atoms with Gasteiger partial charge < -0.3 is 16.0 Å². The van der Waals surface area contributed by atoms with Crippen LogP contribution in [0.1, 0.15) is 16.8 Å². The molecule has 2 aromatic carbocycles. The number of aromatic amines is 1. The molecule has 1 aliphatic rings. The average Bonchev–Trinajstić information content (AvgIpc) is 3.00. The number of nitrogens with zero attached hydrogens (tertiary/aromatic N) is 1. The number of hydrogen-bond acceptors (Lipinski definition) is 4. The molecule has 0 spiro atoms. The smallest absolute Gasteiger partial charge is 0.254 e. The number of hydrogen-bond donors (Lipinski definition) is 4. The first-order chi connectivity index (χ1) is 13.0. The zero-order chi connectivity index (χ0) is 19.0. The molecule has 3 amide bonds. The van der Waals surface area contributed by atoms with Gasteiger partial charge >= 0.3 is 0 Å². The van der Waals surface area contributed by atoms with E-state index in [4.69, 9.17) is 0 Å². The minimum atomic E-state index is -1.07. The Labute approximate surface area is 152 Å². The fourth-order valence-electron chi connectivity index (χ4n) is 2.94. The number of carbonyl (C=O) groups excluding carboxylic acids is 3. The molecule has 0 saturated carbocycles. The maximum absolute atomic E-state index is 14.0. The molecular formula is C18H14FN5O3. The number of nitrogens with one attached hydrogen (secondary N) is 4. The van der Waals surface area contributed by atoms with Gasteiger partial charge in [-0.05, 0) is 24.3 Å². The second kappa shape index (κ2) is 6.52. The molecule has 0 radical (unpaired) electrons. The van der Waals surface area contributed by atoms with E-state index in [1.54, 1.807) is 30.3 Å². The van der Waals surface area contributed by atoms with E-state index in [0.717, 1.165) is 0 Å². The zero-order valence-corrected chi connectivity index (χ0v) is 13.9. The minimum Gasteiger partial charge on any atom is -0.340 e. The lowest BCUT2D eigenvalue weighted by Gasteiger charge is -2.13. The summed E-state index contributed by atoms with van der Waals surface area (Å²) in [6, 6.07) is 9.87. The number of amides is 3. The first-order valence-electron chi connectivity index (χ1n) is 8.16. The van der Waals surface area contributed by atoms with E-state index in [1.165, 1.54) is 12.1 Å². The average molecular weight is 367 g/mol. The quantitative estimate of drug-likeness (QED) is 0.565. The van der Waals surface area contributed by atoms with Crippen LogP contribution in [-0.2, 0) is 9.59 Å². The molecule has 0 bridgehead atoms. The van der Waals surface area contributed by atoms with Crippen LogP contribution in [0.5, 0.6) is 0 Å². The Balaban J connectivity index is 1.51. The van der Waals surface area contributed by atoms with E-state index in [2.05, 4.69) is 26.1 Å². The van der Waals surface area contributed by atoms with Gasteiger partial charge in [-0.25, -0.2) is 4.39 Å². The van der Waals surface area contributed by atoms with E-state index in [-0.39, 0.29) is 17.6 Å². The molecule has 0 fully saturated rings. The molecule has 1 atom stereocenters. The van der Waals surface area contributed by atoms with Gasteiger partial charge in [0, 0.05) is 0 Å². The number of anilines is 2. The molecule has 2 heterocycles. The second-order valence-corrected chi connectivity index (χ2v) is 6.05. The molecule has 0 unspecified atom stereocenters. The molecule has 27 heavy (non-hydrogen) atoms. The van der Waals surface area contributed by atoms with Crippen LogP contribution in [0.2, 0.25) is 0 Å². The number of halogens is 1. The van der Waals surface area contributed by atoms with Crippen LogP contribution >= 0.6 is 0 Å². The standard InChI is InChI=1S/C18H14FN5O3/c19-10-5-3-7-12-15(10)16(24-23-12)22-14(25)8-13-18(27)20-11-6-2-1-4-9(11)17(26)21-13/h1-7,13H,8H2,(H,20,27)(H,21,26)(H2,22,23,24,25)/t13-/m0/s1. The minimum absolute atomic E-state index is 0.0248. The van der Waals surface area contributed by atoms with Crippen molar-refractivity contribution in [2.24, 2.45) is 0 Å². The van der Waals surface area contributed by atoms with Crippen molar-refractivity contribution in [3.8, 4) is 0 Å². The van der Waals surface area contributed by atoms with Gasteiger partial charge in [0.05, 0.1) is 28.6 Å². The van der Waals surface area contributed by atoms with Gasteiger partial charge in [-0.1, -0.05) is 18.2 Å². The van der Waals surface area contributed by atoms with E-state index in [1.807, 2.05) is 0 Å². The Bertz CT molecular complexity index is 1080. The van der Waals surface area contributed by atoms with Crippen LogP contribution in [0, 0.1) is 5.82 Å². The maximum atomic E-state index is 14.0. The molecule has 1 aliphatic heterocycles. The van der Waals surface area contributed by atoms with Gasteiger partial charge in [0.2, 0.25) is 11.8 Å². The summed E-state index contributed by atoms with van der Waals surface area (Å²) in [4.78, 5) is 37.0. The summed E-state index contributed by atoms with van der Waals surface area (Å²) in [7, 11) is 0. The maximum Gasteiger partial charge on any atom is 0.254 e. The monoisotopic (exact) mass is 367 g/mol. The highest BCUT2D eigenvalue weighted by Gasteiger charge is 2.29. The zero-order valence-electron chi connectivity index (χ0n) is 13.9. The molecule has 8 nitrogen and oxygen atoms in total. The lowest BCUT2D eigenvalue weighted by molar-refractivity contribution is -0.122. The summed E-state index contributed by atoms with van der Waals surface area (Å²) in [6.07, 6.45) is -0.325. The highest BCUT2D eigenvalue weighted by molar-refractivity contribution is 6.11. The summed E-state index contributed by atoms with van der Waals surface area (Å²) >= 11 is 0. The molecule has 4 N–H and O–H groups in total. The summed E-state index contributed by atoms with van der Waals surface area (Å²) in [5.74, 6) is -2.07. The highest BCUT2D eigenvalue weighted by Crippen LogP contribution is 2.24. The third kappa shape index (κ3) is 3.10. The van der Waals surface area contributed by atoms with Crippen molar-refractivity contribution >= 4 is 40.1 Å². The lowest BCUT2D eigenvalue weighted by atomic mass is 10.1. The summed E-state index contributed by atoms with van der Waals surface area (Å²) < 4.78 is 14.0. The Morgan fingerprint density at radius 2 is 1.96 bits per heavy atom. The Kier molecular flexibility index (Phi) is 4.03. The van der Waals surface area contributed by atoms with Crippen molar-refractivity contribution in [2.45, 2.75) is 12.5 Å². The number of fused-ring (bicyclic) bond motifs is 2. The van der Waals surface area contributed by atoms with E-state index >= 15 is 0 Å². The summed E-state index contributed by atoms with van der Waals surface area (Å²) in [5, 5.41) is 14.3. The van der Waals surface area contributed by atoms with Crippen molar-refractivity contribution in [2.75, 3.05) is 10.6 Å². The van der Waals surface area contributed by atoms with Crippen LogP contribution in [0.3, 0.4) is 0 Å². The van der Waals surface area contributed by atoms with Crippen LogP contribution in [0.25, 0.3) is 10.9 Å². The van der Waals surface area contributed by atoms with Crippen molar-refractivity contribution in [1.29, 1.82) is 0 Å². The Morgan fingerprint density at radius 3 is 2.81 bits per heavy atom. The predicted molar refractivity (Wildman–Crippen MR) is 95.6 cm³/mol. The van der Waals surface area contributed by atoms with Gasteiger partial charge in [-0.3, -0.25) is 19.5 Å². The van der Waals surface area contributed by atoms with Gasteiger partial charge in [-0.15, -0.1) is 0 Å². The third-order valence-electron chi connectivity index (χ3n) is 4.24. The number of rotatable bonds is 3. The number of benzene rings is 2. The fourth-order valence-corrected chi connectivity index (χ4v) is 2.94. The second-order valence-electron chi connectivity index (χ2n) is 6.05.